The van der Waals surface area contributed by atoms with Gasteiger partial charge in [0.15, 0.2) is 0 Å². The second-order valence-electron chi connectivity index (χ2n) is 5.86. The van der Waals surface area contributed by atoms with Crippen LogP contribution < -0.4 is 10.0 Å². The van der Waals surface area contributed by atoms with Crippen molar-refractivity contribution in [1.82, 2.24) is 3.97 Å². The van der Waals surface area contributed by atoms with E-state index < -0.39 is 20.0 Å². The molecule has 1 amide bonds. The molecule has 0 saturated carbocycles. The molecule has 0 aliphatic rings. The minimum atomic E-state index is -3.99. The lowest BCUT2D eigenvalue weighted by atomic mass is 10.3. The number of carbonyl (C=O) groups is 1. The lowest BCUT2D eigenvalue weighted by Gasteiger charge is -2.08. The highest BCUT2D eigenvalue weighted by molar-refractivity contribution is 7.93. The molecule has 0 radical (unpaired) electrons. The summed E-state index contributed by atoms with van der Waals surface area (Å²) >= 11 is 0. The van der Waals surface area contributed by atoms with Crippen molar-refractivity contribution in [1.29, 1.82) is 0 Å². The molecule has 1 aromatic heterocycles. The summed E-state index contributed by atoms with van der Waals surface area (Å²) in [7, 11) is -7.88. The van der Waals surface area contributed by atoms with Crippen molar-refractivity contribution < 1.29 is 21.6 Å². The molecule has 0 aliphatic carbocycles. The molecule has 146 valence electrons. The van der Waals surface area contributed by atoms with Crippen LogP contribution in [0.3, 0.4) is 0 Å². The maximum Gasteiger partial charge on any atom is 0.267 e. The lowest BCUT2D eigenvalue weighted by Crippen LogP contribution is -2.14. The third-order valence-electron chi connectivity index (χ3n) is 3.73. The molecule has 0 bridgehead atoms. The number of hydrogen-bond donors (Lipinski definition) is 2. The van der Waals surface area contributed by atoms with E-state index in [1.807, 2.05) is 0 Å². The van der Waals surface area contributed by atoms with Gasteiger partial charge in [0.05, 0.1) is 4.90 Å². The fourth-order valence-electron chi connectivity index (χ4n) is 2.42. The van der Waals surface area contributed by atoms with Crippen molar-refractivity contribution in [2.75, 3.05) is 10.0 Å². The Bertz CT molecular complexity index is 1200. The van der Waals surface area contributed by atoms with Crippen LogP contribution in [0.5, 0.6) is 0 Å². The highest BCUT2D eigenvalue weighted by atomic mass is 32.2. The van der Waals surface area contributed by atoms with Gasteiger partial charge in [-0.05, 0) is 42.5 Å². The van der Waals surface area contributed by atoms with Gasteiger partial charge in [0, 0.05) is 30.7 Å². The van der Waals surface area contributed by atoms with Crippen LogP contribution in [0.2, 0.25) is 0 Å². The van der Waals surface area contributed by atoms with Crippen LogP contribution in [0.25, 0.3) is 0 Å². The Kier molecular flexibility index (Phi) is 5.25. The highest BCUT2D eigenvalue weighted by Crippen LogP contribution is 2.21. The zero-order chi connectivity index (χ0) is 20.4. The van der Waals surface area contributed by atoms with Gasteiger partial charge < -0.3 is 5.32 Å². The normalized spacial score (nSPS) is 11.8. The fourth-order valence-corrected chi connectivity index (χ4v) is 4.76. The average Bonchev–Trinajstić information content (AvgIpc) is 3.15. The van der Waals surface area contributed by atoms with Crippen LogP contribution in [0.4, 0.5) is 11.4 Å². The molecule has 1 heterocycles. The molecule has 3 rings (SSSR count). The van der Waals surface area contributed by atoms with Gasteiger partial charge in [0.1, 0.15) is 4.90 Å². The maximum absolute atomic E-state index is 12.6. The highest BCUT2D eigenvalue weighted by Gasteiger charge is 2.21. The van der Waals surface area contributed by atoms with E-state index in [4.69, 9.17) is 0 Å². The van der Waals surface area contributed by atoms with E-state index in [-0.39, 0.29) is 21.4 Å². The quantitative estimate of drug-likeness (QED) is 0.637. The standard InChI is InChI=1S/C18H17N3O5S2/c1-14(22)19-15-7-9-16(10-8-15)20-27(23,24)18-11-12-21(13-18)28(25,26)17-5-3-2-4-6-17/h2-13,20H,1H3,(H,19,22). The van der Waals surface area contributed by atoms with Gasteiger partial charge in [-0.3, -0.25) is 9.52 Å². The molecule has 0 atom stereocenters. The molecule has 8 nitrogen and oxygen atoms in total. The third-order valence-corrected chi connectivity index (χ3v) is 6.74. The second-order valence-corrected chi connectivity index (χ2v) is 9.38. The largest absolute Gasteiger partial charge is 0.326 e. The average molecular weight is 419 g/mol. The van der Waals surface area contributed by atoms with E-state index in [9.17, 15) is 21.6 Å². The van der Waals surface area contributed by atoms with E-state index in [1.54, 1.807) is 30.3 Å². The third kappa shape index (κ3) is 4.24. The molecular weight excluding hydrogens is 402 g/mol. The van der Waals surface area contributed by atoms with Gasteiger partial charge in [0.25, 0.3) is 20.0 Å². The summed E-state index contributed by atoms with van der Waals surface area (Å²) in [6.07, 6.45) is 2.22. The molecular formula is C18H17N3O5S2. The van der Waals surface area contributed by atoms with Crippen molar-refractivity contribution in [3.63, 3.8) is 0 Å². The first-order valence-electron chi connectivity index (χ1n) is 8.07. The second kappa shape index (κ2) is 7.49. The number of benzene rings is 2. The number of nitrogens with zero attached hydrogens (tertiary/aromatic N) is 1. The molecule has 3 aromatic rings. The number of anilines is 2. The number of sulfonamides is 1. The number of rotatable bonds is 6. The monoisotopic (exact) mass is 419 g/mol. The Balaban J connectivity index is 1.83. The molecule has 2 aromatic carbocycles. The predicted molar refractivity (Wildman–Crippen MR) is 105 cm³/mol. The van der Waals surface area contributed by atoms with Crippen molar-refractivity contribution in [2.45, 2.75) is 16.7 Å². The van der Waals surface area contributed by atoms with Gasteiger partial charge in [0.2, 0.25) is 5.91 Å². The Labute approximate surface area is 162 Å². The summed E-state index contributed by atoms with van der Waals surface area (Å²) in [6.45, 7) is 1.37. The molecule has 2 N–H and O–H groups in total. The zero-order valence-corrected chi connectivity index (χ0v) is 16.4. The number of aromatic nitrogens is 1. The summed E-state index contributed by atoms with van der Waals surface area (Å²) in [5.74, 6) is -0.241. The van der Waals surface area contributed by atoms with Gasteiger partial charge in [-0.25, -0.2) is 20.8 Å². The first-order chi connectivity index (χ1) is 13.2. The van der Waals surface area contributed by atoms with E-state index >= 15 is 0 Å². The van der Waals surface area contributed by atoms with Crippen LogP contribution in [-0.2, 0) is 24.8 Å². The SMILES string of the molecule is CC(=O)Nc1ccc(NS(=O)(=O)c2ccn(S(=O)(=O)c3ccccc3)c2)cc1. The summed E-state index contributed by atoms with van der Waals surface area (Å²) in [6, 6.07) is 15.0. The van der Waals surface area contributed by atoms with Crippen LogP contribution in [0, 0.1) is 0 Å². The predicted octanol–water partition coefficient (Wildman–Crippen LogP) is 2.48. The molecule has 28 heavy (non-hydrogen) atoms. The van der Waals surface area contributed by atoms with Gasteiger partial charge in [-0.15, -0.1) is 0 Å². The van der Waals surface area contributed by atoms with Crippen molar-refractivity contribution >= 4 is 37.3 Å². The summed E-state index contributed by atoms with van der Waals surface area (Å²) < 4.78 is 53.5. The Morgan fingerprint density at radius 1 is 0.821 bits per heavy atom. The summed E-state index contributed by atoms with van der Waals surface area (Å²) in [5.41, 5.74) is 0.795. The first-order valence-corrected chi connectivity index (χ1v) is 11.0. The van der Waals surface area contributed by atoms with Crippen LogP contribution >= 0.6 is 0 Å². The van der Waals surface area contributed by atoms with Crippen molar-refractivity contribution in [3.05, 3.63) is 73.1 Å². The van der Waals surface area contributed by atoms with Gasteiger partial charge in [-0.1, -0.05) is 18.2 Å². The van der Waals surface area contributed by atoms with Crippen LogP contribution in [0.15, 0.2) is 82.8 Å². The summed E-state index contributed by atoms with van der Waals surface area (Å²) in [4.78, 5) is 10.9. The zero-order valence-electron chi connectivity index (χ0n) is 14.7. The Morgan fingerprint density at radius 2 is 1.43 bits per heavy atom. The Hall–Kier alpha value is -3.11. The van der Waals surface area contributed by atoms with E-state index in [0.717, 1.165) is 10.2 Å². The lowest BCUT2D eigenvalue weighted by molar-refractivity contribution is -0.114. The maximum atomic E-state index is 12.6. The fraction of sp³-hybridized carbons (Fsp3) is 0.0556. The van der Waals surface area contributed by atoms with Crippen LogP contribution in [0.1, 0.15) is 6.92 Å². The topological polar surface area (TPSA) is 114 Å². The molecule has 0 saturated heterocycles. The number of carbonyl (C=O) groups excluding carboxylic acids is 1. The number of amides is 1. The molecule has 0 aliphatic heterocycles. The minimum absolute atomic E-state index is 0.0519. The van der Waals surface area contributed by atoms with E-state index in [1.165, 1.54) is 43.5 Å². The summed E-state index contributed by atoms with van der Waals surface area (Å²) in [5, 5.41) is 2.58. The van der Waals surface area contributed by atoms with Crippen molar-refractivity contribution in [3.8, 4) is 0 Å². The minimum Gasteiger partial charge on any atom is -0.326 e. The van der Waals surface area contributed by atoms with Crippen molar-refractivity contribution in [2.24, 2.45) is 0 Å². The first kappa shape index (κ1) is 19.6. The number of hydrogen-bond acceptors (Lipinski definition) is 5. The Morgan fingerprint density at radius 3 is 2.04 bits per heavy atom. The molecule has 0 unspecified atom stereocenters. The van der Waals surface area contributed by atoms with Gasteiger partial charge >= 0.3 is 0 Å². The molecule has 0 spiro atoms. The van der Waals surface area contributed by atoms with E-state index in [0.29, 0.717) is 5.69 Å². The number of nitrogens with one attached hydrogen (secondary N) is 2. The molecule has 10 heteroatoms. The molecule has 0 fully saturated rings. The van der Waals surface area contributed by atoms with E-state index in [2.05, 4.69) is 10.0 Å². The van der Waals surface area contributed by atoms with Gasteiger partial charge in [-0.2, -0.15) is 0 Å². The van der Waals surface area contributed by atoms with Crippen LogP contribution in [-0.4, -0.2) is 26.7 Å². The smallest absolute Gasteiger partial charge is 0.267 e.